The van der Waals surface area contributed by atoms with E-state index in [4.69, 9.17) is 0 Å². The number of benzene rings is 7. The Morgan fingerprint density at radius 2 is 0.643 bits per heavy atom. The van der Waals surface area contributed by atoms with Crippen molar-refractivity contribution in [1.29, 1.82) is 0 Å². The van der Waals surface area contributed by atoms with Crippen molar-refractivity contribution in [3.05, 3.63) is 121 Å². The summed E-state index contributed by atoms with van der Waals surface area (Å²) >= 11 is 0. The minimum absolute atomic E-state index is 1.27. The molecule has 0 aliphatic carbocycles. The molecule has 2 heteroatoms. The summed E-state index contributed by atoms with van der Waals surface area (Å²) in [6.45, 7) is 4.00. The first-order valence-electron chi connectivity index (χ1n) is 15.0. The number of pyridine rings is 2. The van der Waals surface area contributed by atoms with Gasteiger partial charge in [0.25, 0.3) is 0 Å². The van der Waals surface area contributed by atoms with Crippen molar-refractivity contribution in [2.75, 3.05) is 0 Å². The quantitative estimate of drug-likeness (QED) is 0.135. The van der Waals surface area contributed by atoms with E-state index in [0.717, 1.165) is 0 Å². The lowest BCUT2D eigenvalue weighted by atomic mass is 9.88. The molecule has 0 spiro atoms. The van der Waals surface area contributed by atoms with E-state index in [1.165, 1.54) is 97.7 Å². The van der Waals surface area contributed by atoms with Crippen LogP contribution in [0.2, 0.25) is 0 Å². The summed E-state index contributed by atoms with van der Waals surface area (Å²) in [5, 5.41) is 16.0. The lowest BCUT2D eigenvalue weighted by Gasteiger charge is -2.20. The molecule has 0 radical (unpaired) electrons. The van der Waals surface area contributed by atoms with Crippen molar-refractivity contribution in [1.82, 2.24) is 8.80 Å². The predicted molar refractivity (Wildman–Crippen MR) is 182 cm³/mol. The molecule has 4 aromatic heterocycles. The van der Waals surface area contributed by atoms with Gasteiger partial charge in [0.05, 0.1) is 33.1 Å². The van der Waals surface area contributed by atoms with E-state index in [9.17, 15) is 0 Å². The third-order valence-corrected chi connectivity index (χ3v) is 9.54. The van der Waals surface area contributed by atoms with Gasteiger partial charge in [0, 0.05) is 53.9 Å². The van der Waals surface area contributed by atoms with E-state index in [1.807, 2.05) is 13.8 Å². The Hall–Kier alpha value is -5.34. The summed E-state index contributed by atoms with van der Waals surface area (Å²) < 4.78 is 5.04. The van der Waals surface area contributed by atoms with Crippen molar-refractivity contribution in [2.45, 2.75) is 13.8 Å². The monoisotopic (exact) mass is 534 g/mol. The second-order valence-corrected chi connectivity index (χ2v) is 11.3. The highest BCUT2D eigenvalue weighted by Crippen LogP contribution is 2.49. The van der Waals surface area contributed by atoms with E-state index in [0.29, 0.717) is 0 Å². The summed E-state index contributed by atoms with van der Waals surface area (Å²) in [6, 6.07) is 45.3. The van der Waals surface area contributed by atoms with Crippen LogP contribution in [0.5, 0.6) is 0 Å². The van der Waals surface area contributed by atoms with Crippen LogP contribution < -0.4 is 0 Å². The average Bonchev–Trinajstić information content (AvgIpc) is 3.58. The molecule has 196 valence electrons. The average molecular weight is 535 g/mol. The van der Waals surface area contributed by atoms with Gasteiger partial charge in [0.15, 0.2) is 0 Å². The van der Waals surface area contributed by atoms with Crippen LogP contribution in [0.25, 0.3) is 97.7 Å². The second-order valence-electron chi connectivity index (χ2n) is 11.3. The third-order valence-electron chi connectivity index (χ3n) is 9.54. The predicted octanol–water partition coefficient (Wildman–Crippen LogP) is 11.3. The van der Waals surface area contributed by atoms with Crippen LogP contribution in [0.15, 0.2) is 121 Å². The van der Waals surface area contributed by atoms with Gasteiger partial charge in [-0.1, -0.05) is 111 Å². The molecule has 0 N–H and O–H groups in total. The molecule has 0 amide bonds. The van der Waals surface area contributed by atoms with Crippen molar-refractivity contribution in [3.63, 3.8) is 0 Å². The third kappa shape index (κ3) is 2.37. The Labute approximate surface area is 241 Å². The number of nitrogens with zero attached hydrogens (tertiary/aromatic N) is 2. The Bertz CT molecular complexity index is 2670. The molecule has 0 aliphatic rings. The molecule has 0 atom stereocenters. The zero-order valence-corrected chi connectivity index (χ0v) is 23.4. The zero-order valence-electron chi connectivity index (χ0n) is 23.4. The molecule has 11 aromatic rings. The van der Waals surface area contributed by atoms with Crippen LogP contribution in [0, 0.1) is 0 Å². The van der Waals surface area contributed by atoms with Gasteiger partial charge in [-0.05, 0) is 35.0 Å². The van der Waals surface area contributed by atoms with E-state index in [-0.39, 0.29) is 0 Å². The normalized spacial score (nSPS) is 12.5. The Kier molecular flexibility index (Phi) is 4.09. The van der Waals surface area contributed by atoms with Gasteiger partial charge in [0.1, 0.15) is 0 Å². The van der Waals surface area contributed by atoms with Crippen LogP contribution in [0.1, 0.15) is 13.8 Å². The summed E-state index contributed by atoms with van der Waals surface area (Å²) in [7, 11) is 0. The van der Waals surface area contributed by atoms with Gasteiger partial charge in [-0.3, -0.25) is 0 Å². The molecule has 11 rings (SSSR count). The Morgan fingerprint density at radius 3 is 1.10 bits per heavy atom. The summed E-state index contributed by atoms with van der Waals surface area (Å²) in [6.07, 6.45) is 0. The van der Waals surface area contributed by atoms with Crippen LogP contribution in [0.3, 0.4) is 0 Å². The maximum atomic E-state index is 2.52. The Balaban J connectivity index is 0.00000116. The van der Waals surface area contributed by atoms with E-state index in [1.54, 1.807) is 0 Å². The molecule has 42 heavy (non-hydrogen) atoms. The lowest BCUT2D eigenvalue weighted by molar-refractivity contribution is 1.33. The molecule has 2 nitrogen and oxygen atoms in total. The first kappa shape index (κ1) is 22.4. The fraction of sp³-hybridized carbons (Fsp3) is 0.0500. The maximum absolute atomic E-state index is 2.52. The van der Waals surface area contributed by atoms with E-state index >= 15 is 0 Å². The van der Waals surface area contributed by atoms with E-state index < -0.39 is 0 Å². The van der Waals surface area contributed by atoms with Crippen molar-refractivity contribution in [2.24, 2.45) is 0 Å². The Morgan fingerprint density at radius 1 is 0.286 bits per heavy atom. The highest BCUT2D eigenvalue weighted by atomic mass is 14.9. The van der Waals surface area contributed by atoms with E-state index in [2.05, 4.69) is 130 Å². The maximum Gasteiger partial charge on any atom is 0.0620 e. The van der Waals surface area contributed by atoms with Gasteiger partial charge in [-0.25, -0.2) is 0 Å². The van der Waals surface area contributed by atoms with Crippen LogP contribution in [-0.2, 0) is 0 Å². The highest BCUT2D eigenvalue weighted by molar-refractivity contribution is 6.43. The molecule has 0 bridgehead atoms. The number of rotatable bonds is 0. The molecule has 0 saturated heterocycles. The first-order valence-corrected chi connectivity index (χ1v) is 15.0. The van der Waals surface area contributed by atoms with Gasteiger partial charge >= 0.3 is 0 Å². The molecular weight excluding hydrogens is 508 g/mol. The molecule has 4 heterocycles. The van der Waals surface area contributed by atoms with Crippen LogP contribution in [0.4, 0.5) is 0 Å². The number of hydrogen-bond donors (Lipinski definition) is 0. The number of para-hydroxylation sites is 4. The van der Waals surface area contributed by atoms with Gasteiger partial charge in [-0.15, -0.1) is 0 Å². The smallest absolute Gasteiger partial charge is 0.0620 e. The zero-order chi connectivity index (χ0) is 27.7. The lowest BCUT2D eigenvalue weighted by Crippen LogP contribution is -1.98. The summed E-state index contributed by atoms with van der Waals surface area (Å²) in [5.74, 6) is 0. The molecule has 0 saturated carbocycles. The van der Waals surface area contributed by atoms with Crippen LogP contribution in [-0.4, -0.2) is 8.80 Å². The van der Waals surface area contributed by atoms with Crippen molar-refractivity contribution < 1.29 is 0 Å². The number of fused-ring (bicyclic) bond motifs is 13. The molecule has 0 unspecified atom stereocenters. The highest BCUT2D eigenvalue weighted by Gasteiger charge is 2.24. The molecule has 0 aliphatic heterocycles. The van der Waals surface area contributed by atoms with Crippen LogP contribution >= 0.6 is 0 Å². The minimum atomic E-state index is 1.27. The van der Waals surface area contributed by atoms with Gasteiger partial charge in [-0.2, -0.15) is 0 Å². The minimum Gasteiger partial charge on any atom is -0.308 e. The van der Waals surface area contributed by atoms with Crippen molar-refractivity contribution >= 4 is 97.7 Å². The number of aromatic nitrogens is 2. The topological polar surface area (TPSA) is 8.82 Å². The van der Waals surface area contributed by atoms with Gasteiger partial charge < -0.3 is 8.80 Å². The molecule has 7 aromatic carbocycles. The summed E-state index contributed by atoms with van der Waals surface area (Å²) in [5.41, 5.74) is 7.72. The largest absolute Gasteiger partial charge is 0.308 e. The summed E-state index contributed by atoms with van der Waals surface area (Å²) in [4.78, 5) is 0. The molecular formula is C40H26N2. The standard InChI is InChI=1S/C38H20N2.C2H6/c1-2-12-24-23(11-1)33-27-15-7-13-25-21-9-3-5-17-29(21)39(37(25)27)31-19-20-32-36(35(31)33)34(24)28-16-8-14-26-22-10-4-6-18-30(22)40(32)38(26)28;1-2/h1-20H;1-2H3. The molecule has 0 fully saturated rings. The fourth-order valence-electron chi connectivity index (χ4n) is 8.15. The first-order chi connectivity index (χ1) is 20.9. The van der Waals surface area contributed by atoms with Crippen molar-refractivity contribution in [3.8, 4) is 0 Å². The number of hydrogen-bond acceptors (Lipinski definition) is 0. The fourth-order valence-corrected chi connectivity index (χ4v) is 8.15. The van der Waals surface area contributed by atoms with Gasteiger partial charge in [0.2, 0.25) is 0 Å². The second kappa shape index (κ2) is 7.69. The SMILES string of the molecule is CC.c1ccc2c(c1)c1c3cccc4c5ccccc5n(c5ccc6c(c2c2cccc7c8ccccc8n6c72)c15)c43.